The summed E-state index contributed by atoms with van der Waals surface area (Å²) in [7, 11) is 0. The number of para-hydroxylation sites is 3. The van der Waals surface area contributed by atoms with Crippen molar-refractivity contribution in [2.75, 3.05) is 0 Å². The summed E-state index contributed by atoms with van der Waals surface area (Å²) in [5.74, 6) is 1.78. The summed E-state index contributed by atoms with van der Waals surface area (Å²) >= 11 is 0. The topological polar surface area (TPSA) is 19.1 Å². The SMILES string of the molecule is c1ccc(-c2cccc(-n3c4cc(-c5cccc6c5c5ccccc5n6-c5ccccc5)ccc4c4c5cccc6c5c(cc43)Oc3ccccc3-6)c2)cc1. The molecule has 3 heterocycles. The smallest absolute Gasteiger partial charge is 0.138 e. The molecule has 0 aliphatic carbocycles. The van der Waals surface area contributed by atoms with Crippen LogP contribution in [-0.4, -0.2) is 9.13 Å². The molecule has 0 radical (unpaired) electrons. The first-order valence-corrected chi connectivity index (χ1v) is 18.9. The Kier molecular flexibility index (Phi) is 6.34. The molecule has 3 nitrogen and oxygen atoms in total. The number of nitrogens with zero attached hydrogens (tertiary/aromatic N) is 2. The van der Waals surface area contributed by atoms with Gasteiger partial charge >= 0.3 is 0 Å². The molecular formula is C52H32N2O. The van der Waals surface area contributed by atoms with E-state index < -0.39 is 0 Å². The molecular weight excluding hydrogens is 669 g/mol. The molecule has 3 heteroatoms. The molecule has 0 fully saturated rings. The van der Waals surface area contributed by atoms with Crippen LogP contribution in [0.15, 0.2) is 194 Å². The minimum atomic E-state index is 0.888. The highest BCUT2D eigenvalue weighted by Gasteiger charge is 2.25. The quantitative estimate of drug-likeness (QED) is 0.179. The second kappa shape index (κ2) is 11.6. The number of aromatic nitrogens is 2. The molecule has 9 aromatic carbocycles. The summed E-state index contributed by atoms with van der Waals surface area (Å²) < 4.78 is 11.6. The highest BCUT2D eigenvalue weighted by molar-refractivity contribution is 6.26. The number of rotatable bonds is 4. The van der Waals surface area contributed by atoms with Gasteiger partial charge in [-0.05, 0) is 81.7 Å². The first-order chi connectivity index (χ1) is 27.3. The third-order valence-corrected chi connectivity index (χ3v) is 11.5. The van der Waals surface area contributed by atoms with Gasteiger partial charge in [0.05, 0.1) is 22.1 Å². The van der Waals surface area contributed by atoms with Crippen molar-refractivity contribution in [2.24, 2.45) is 0 Å². The van der Waals surface area contributed by atoms with Gasteiger partial charge in [0.15, 0.2) is 0 Å². The zero-order chi connectivity index (χ0) is 36.0. The number of hydrogen-bond donors (Lipinski definition) is 0. The zero-order valence-corrected chi connectivity index (χ0v) is 29.8. The molecule has 2 aromatic heterocycles. The van der Waals surface area contributed by atoms with E-state index in [9.17, 15) is 0 Å². The van der Waals surface area contributed by atoms with Crippen LogP contribution in [0.4, 0.5) is 0 Å². The first-order valence-electron chi connectivity index (χ1n) is 18.9. The van der Waals surface area contributed by atoms with Crippen molar-refractivity contribution in [1.82, 2.24) is 9.13 Å². The molecule has 12 rings (SSSR count). The van der Waals surface area contributed by atoms with Gasteiger partial charge in [-0.1, -0.05) is 140 Å². The van der Waals surface area contributed by atoms with Gasteiger partial charge in [0.1, 0.15) is 11.5 Å². The normalized spacial score (nSPS) is 12.1. The Bertz CT molecular complexity index is 3330. The average molecular weight is 701 g/mol. The van der Waals surface area contributed by atoms with Crippen LogP contribution in [-0.2, 0) is 0 Å². The maximum Gasteiger partial charge on any atom is 0.138 e. The van der Waals surface area contributed by atoms with Crippen molar-refractivity contribution in [3.8, 4) is 56.3 Å². The molecule has 0 atom stereocenters. The molecule has 55 heavy (non-hydrogen) atoms. The molecule has 0 spiro atoms. The van der Waals surface area contributed by atoms with Crippen molar-refractivity contribution in [3.63, 3.8) is 0 Å². The van der Waals surface area contributed by atoms with E-state index in [-0.39, 0.29) is 0 Å². The van der Waals surface area contributed by atoms with E-state index in [0.717, 1.165) is 44.9 Å². The van der Waals surface area contributed by atoms with Gasteiger partial charge in [-0.2, -0.15) is 0 Å². The average Bonchev–Trinajstić information content (AvgIpc) is 3.77. The van der Waals surface area contributed by atoms with Gasteiger partial charge in [-0.3, -0.25) is 0 Å². The van der Waals surface area contributed by atoms with Crippen molar-refractivity contribution in [1.29, 1.82) is 0 Å². The highest BCUT2D eigenvalue weighted by atomic mass is 16.5. The van der Waals surface area contributed by atoms with Crippen molar-refractivity contribution in [2.45, 2.75) is 0 Å². The van der Waals surface area contributed by atoms with E-state index in [1.54, 1.807) is 0 Å². The lowest BCUT2D eigenvalue weighted by molar-refractivity contribution is 0.487. The molecule has 1 aliphatic heterocycles. The fraction of sp³-hybridized carbons (Fsp3) is 0. The molecule has 0 unspecified atom stereocenters. The maximum absolute atomic E-state index is 6.74. The molecule has 0 saturated heterocycles. The number of benzene rings is 9. The van der Waals surface area contributed by atoms with E-state index in [1.165, 1.54) is 65.8 Å². The van der Waals surface area contributed by atoms with Crippen LogP contribution < -0.4 is 4.74 Å². The predicted molar refractivity (Wildman–Crippen MR) is 229 cm³/mol. The maximum atomic E-state index is 6.74. The van der Waals surface area contributed by atoms with Gasteiger partial charge < -0.3 is 13.9 Å². The lowest BCUT2D eigenvalue weighted by Crippen LogP contribution is -1.99. The Labute approximate surface area is 317 Å². The summed E-state index contributed by atoms with van der Waals surface area (Å²) in [5, 5.41) is 7.30. The van der Waals surface area contributed by atoms with Crippen LogP contribution in [0.1, 0.15) is 0 Å². The summed E-state index contributed by atoms with van der Waals surface area (Å²) in [6.07, 6.45) is 0. The molecule has 1 aliphatic rings. The largest absolute Gasteiger partial charge is 0.456 e. The predicted octanol–water partition coefficient (Wildman–Crippen LogP) is 14.1. The van der Waals surface area contributed by atoms with Crippen molar-refractivity contribution in [3.05, 3.63) is 194 Å². The van der Waals surface area contributed by atoms with Crippen LogP contribution >= 0.6 is 0 Å². The minimum absolute atomic E-state index is 0.888. The number of hydrogen-bond acceptors (Lipinski definition) is 1. The Morgan fingerprint density at radius 2 is 0.927 bits per heavy atom. The van der Waals surface area contributed by atoms with Crippen LogP contribution in [0, 0.1) is 0 Å². The minimum Gasteiger partial charge on any atom is -0.456 e. The monoisotopic (exact) mass is 700 g/mol. The molecule has 0 bridgehead atoms. The summed E-state index contributed by atoms with van der Waals surface area (Å²) in [6.45, 7) is 0. The molecule has 0 amide bonds. The summed E-state index contributed by atoms with van der Waals surface area (Å²) in [6, 6.07) is 70.1. The van der Waals surface area contributed by atoms with Crippen LogP contribution in [0.3, 0.4) is 0 Å². The van der Waals surface area contributed by atoms with Gasteiger partial charge in [-0.15, -0.1) is 0 Å². The second-order valence-corrected chi connectivity index (χ2v) is 14.5. The van der Waals surface area contributed by atoms with Crippen molar-refractivity contribution < 1.29 is 4.74 Å². The Morgan fingerprint density at radius 3 is 1.84 bits per heavy atom. The molecule has 11 aromatic rings. The highest BCUT2D eigenvalue weighted by Crippen LogP contribution is 2.51. The van der Waals surface area contributed by atoms with Gasteiger partial charge in [0, 0.05) is 49.9 Å². The second-order valence-electron chi connectivity index (χ2n) is 14.5. The number of ether oxygens (including phenoxy) is 1. The van der Waals surface area contributed by atoms with Crippen LogP contribution in [0.25, 0.3) is 99.1 Å². The fourth-order valence-corrected chi connectivity index (χ4v) is 9.17. The number of fused-ring (bicyclic) bond motifs is 9. The molecule has 0 saturated carbocycles. The summed E-state index contributed by atoms with van der Waals surface area (Å²) in [5.41, 5.74) is 14.0. The van der Waals surface area contributed by atoms with E-state index in [4.69, 9.17) is 4.74 Å². The van der Waals surface area contributed by atoms with Crippen LogP contribution in [0.5, 0.6) is 11.5 Å². The lowest BCUT2D eigenvalue weighted by atomic mass is 9.92. The third-order valence-electron chi connectivity index (χ3n) is 11.5. The van der Waals surface area contributed by atoms with Gasteiger partial charge in [0.2, 0.25) is 0 Å². The standard InChI is InChI=1S/C52H32N2O/c1-3-14-33(15-4-1)34-16-11-19-37(30-34)54-46-31-35(38-22-13-26-45-50(38)41-21-7-9-25-44(41)53(45)36-17-5-2-6-18-36)28-29-42(46)51-43-24-12-23-40-39-20-8-10-27-48(39)55-49(52(40)43)32-47(51)54/h1-32H. The Morgan fingerprint density at radius 1 is 0.291 bits per heavy atom. The first kappa shape index (κ1) is 30.1. The Hall–Kier alpha value is -7.36. The van der Waals surface area contributed by atoms with E-state index >= 15 is 0 Å². The molecule has 256 valence electrons. The molecule has 0 N–H and O–H groups in total. The van der Waals surface area contributed by atoms with Crippen LogP contribution in [0.2, 0.25) is 0 Å². The lowest BCUT2D eigenvalue weighted by Gasteiger charge is -2.22. The van der Waals surface area contributed by atoms with Gasteiger partial charge in [0.25, 0.3) is 0 Å². The van der Waals surface area contributed by atoms with Crippen molar-refractivity contribution >= 4 is 54.4 Å². The third kappa shape index (κ3) is 4.38. The Balaban J connectivity index is 1.18. The van der Waals surface area contributed by atoms with Gasteiger partial charge in [-0.25, -0.2) is 0 Å². The van der Waals surface area contributed by atoms with E-state index in [0.29, 0.717) is 0 Å². The zero-order valence-electron chi connectivity index (χ0n) is 29.8. The van der Waals surface area contributed by atoms with E-state index in [1.807, 2.05) is 6.07 Å². The fourth-order valence-electron chi connectivity index (χ4n) is 9.17. The van der Waals surface area contributed by atoms with E-state index in [2.05, 4.69) is 197 Å². The summed E-state index contributed by atoms with van der Waals surface area (Å²) in [4.78, 5) is 0.